The number of imidazole rings is 1. The molecule has 0 unspecified atom stereocenters. The third kappa shape index (κ3) is 4.70. The van der Waals surface area contributed by atoms with Crippen LogP contribution >= 0.6 is 0 Å². The maximum absolute atomic E-state index is 13.7. The zero-order valence-electron chi connectivity index (χ0n) is 22.2. The van der Waals surface area contributed by atoms with Gasteiger partial charge in [-0.15, -0.1) is 0 Å². The molecule has 1 spiro atoms. The smallest absolute Gasteiger partial charge is 0.321 e. The fourth-order valence-electron chi connectivity index (χ4n) is 6.67. The summed E-state index contributed by atoms with van der Waals surface area (Å²) in [6, 6.07) is 10.9. The minimum atomic E-state index is -0.164. The molecule has 2 amide bonds. The topological polar surface area (TPSA) is 61.7 Å². The summed E-state index contributed by atoms with van der Waals surface area (Å²) < 4.78 is 1.90. The van der Waals surface area contributed by atoms with Gasteiger partial charge < -0.3 is 14.4 Å². The van der Waals surface area contributed by atoms with E-state index in [0.29, 0.717) is 25.3 Å². The van der Waals surface area contributed by atoms with E-state index in [1.54, 1.807) is 6.33 Å². The van der Waals surface area contributed by atoms with Gasteiger partial charge in [0.1, 0.15) is 0 Å². The fourth-order valence-corrected chi connectivity index (χ4v) is 6.67. The van der Waals surface area contributed by atoms with E-state index in [9.17, 15) is 9.59 Å². The summed E-state index contributed by atoms with van der Waals surface area (Å²) in [6.45, 7) is 1.73. The van der Waals surface area contributed by atoms with Gasteiger partial charge in [0.05, 0.1) is 24.1 Å². The molecular formula is C29H41N5O2. The lowest BCUT2D eigenvalue weighted by atomic mass is 9.68. The van der Waals surface area contributed by atoms with Crippen LogP contribution in [0.5, 0.6) is 0 Å². The van der Waals surface area contributed by atoms with Crippen molar-refractivity contribution in [3.63, 3.8) is 0 Å². The molecular weight excluding hydrogens is 450 g/mol. The third-order valence-electron chi connectivity index (χ3n) is 9.19. The Hall–Kier alpha value is -2.67. The van der Waals surface area contributed by atoms with Crippen LogP contribution in [0.3, 0.4) is 0 Å². The molecule has 1 saturated heterocycles. The summed E-state index contributed by atoms with van der Waals surface area (Å²) in [6.07, 6.45) is 12.4. The summed E-state index contributed by atoms with van der Waals surface area (Å²) in [5.41, 5.74) is 2.11. The van der Waals surface area contributed by atoms with Gasteiger partial charge in [-0.1, -0.05) is 36.8 Å². The number of aromatic nitrogens is 2. The third-order valence-corrected chi connectivity index (χ3v) is 9.19. The maximum Gasteiger partial charge on any atom is 0.321 e. The van der Waals surface area contributed by atoms with Crippen molar-refractivity contribution in [2.24, 2.45) is 13.0 Å². The lowest BCUT2D eigenvalue weighted by Gasteiger charge is -2.51. The van der Waals surface area contributed by atoms with Crippen LogP contribution in [-0.2, 0) is 23.8 Å². The molecule has 0 radical (unpaired) electrons. The van der Waals surface area contributed by atoms with Gasteiger partial charge in [0.2, 0.25) is 0 Å². The normalized spacial score (nSPS) is 26.7. The SMILES string of the molecule is CN(C)C1(c2ccccc2)CCC2(CC1)CN(CC(=O)CCc1cn(C)cn1)C(=O)N2CC1CCC1. The number of benzene rings is 1. The molecule has 0 bridgehead atoms. The summed E-state index contributed by atoms with van der Waals surface area (Å²) in [4.78, 5) is 37.4. The fraction of sp³-hybridized carbons (Fsp3) is 0.621. The molecule has 1 aromatic heterocycles. The van der Waals surface area contributed by atoms with E-state index < -0.39 is 0 Å². The first-order valence-corrected chi connectivity index (χ1v) is 13.6. The molecule has 36 heavy (non-hydrogen) atoms. The second kappa shape index (κ2) is 10.0. The largest absolute Gasteiger partial charge is 0.340 e. The second-order valence-corrected chi connectivity index (χ2v) is 11.6. The molecule has 1 aromatic carbocycles. The van der Waals surface area contributed by atoms with Crippen LogP contribution in [0.2, 0.25) is 0 Å². The van der Waals surface area contributed by atoms with Gasteiger partial charge in [0.15, 0.2) is 5.78 Å². The number of urea groups is 1. The zero-order chi connectivity index (χ0) is 25.3. The van der Waals surface area contributed by atoms with Gasteiger partial charge in [0, 0.05) is 38.3 Å². The second-order valence-electron chi connectivity index (χ2n) is 11.6. The number of carbonyl (C=O) groups is 2. The van der Waals surface area contributed by atoms with Crippen LogP contribution in [0, 0.1) is 5.92 Å². The number of rotatable bonds is 9. The highest BCUT2D eigenvalue weighted by Crippen LogP contribution is 2.49. The van der Waals surface area contributed by atoms with Gasteiger partial charge in [0.25, 0.3) is 0 Å². The minimum Gasteiger partial charge on any atom is -0.340 e. The highest BCUT2D eigenvalue weighted by molar-refractivity contribution is 5.87. The first kappa shape index (κ1) is 25.0. The van der Waals surface area contributed by atoms with Gasteiger partial charge in [-0.05, 0) is 70.5 Å². The predicted octanol–water partition coefficient (Wildman–Crippen LogP) is 4.23. The average Bonchev–Trinajstić information content (AvgIpc) is 3.37. The van der Waals surface area contributed by atoms with Crippen molar-refractivity contribution >= 4 is 11.8 Å². The Balaban J connectivity index is 1.30. The van der Waals surface area contributed by atoms with Crippen LogP contribution in [-0.4, -0.2) is 75.3 Å². The molecule has 1 aliphatic heterocycles. The highest BCUT2D eigenvalue weighted by Gasteiger charge is 2.55. The van der Waals surface area contributed by atoms with Crippen LogP contribution < -0.4 is 0 Å². The van der Waals surface area contributed by atoms with E-state index in [0.717, 1.165) is 37.9 Å². The Morgan fingerprint density at radius 1 is 1.11 bits per heavy atom. The van der Waals surface area contributed by atoms with Crippen LogP contribution in [0.15, 0.2) is 42.9 Å². The van der Waals surface area contributed by atoms with E-state index in [1.807, 2.05) is 22.7 Å². The van der Waals surface area contributed by atoms with Crippen molar-refractivity contribution in [1.29, 1.82) is 0 Å². The van der Waals surface area contributed by atoms with Crippen LogP contribution in [0.1, 0.15) is 62.6 Å². The molecule has 0 atom stereocenters. The van der Waals surface area contributed by atoms with Crippen molar-refractivity contribution < 1.29 is 9.59 Å². The van der Waals surface area contributed by atoms with Crippen molar-refractivity contribution in [1.82, 2.24) is 24.3 Å². The number of aryl methyl sites for hydroxylation is 2. The molecule has 2 aromatic rings. The Morgan fingerprint density at radius 3 is 2.42 bits per heavy atom. The van der Waals surface area contributed by atoms with E-state index >= 15 is 0 Å². The number of ketones is 1. The number of hydrogen-bond donors (Lipinski definition) is 0. The molecule has 0 N–H and O–H groups in total. The Labute approximate surface area is 215 Å². The lowest BCUT2D eigenvalue weighted by Crippen LogP contribution is -2.56. The van der Waals surface area contributed by atoms with Crippen molar-refractivity contribution in [3.8, 4) is 0 Å². The van der Waals surface area contributed by atoms with Gasteiger partial charge in [-0.25, -0.2) is 9.78 Å². The molecule has 5 rings (SSSR count). The van der Waals surface area contributed by atoms with Crippen LogP contribution in [0.25, 0.3) is 0 Å². The molecule has 7 nitrogen and oxygen atoms in total. The number of hydrogen-bond acceptors (Lipinski definition) is 4. The summed E-state index contributed by atoms with van der Waals surface area (Å²) in [5, 5.41) is 0. The first-order chi connectivity index (χ1) is 17.3. The van der Waals surface area contributed by atoms with Gasteiger partial charge in [-0.2, -0.15) is 0 Å². The molecule has 2 aliphatic carbocycles. The lowest BCUT2D eigenvalue weighted by molar-refractivity contribution is -0.119. The minimum absolute atomic E-state index is 0.0103. The standard InChI is InChI=1S/C29H41N5O2/c1-31(2)29(24-10-5-4-6-11-24)16-14-28(15-17-29)21-33(27(36)34(28)18-23-8-7-9-23)20-26(35)13-12-25-19-32(3)22-30-25/h4-6,10-11,19,22-23H,7-9,12-18,20-21H2,1-3H3. The molecule has 2 saturated carbocycles. The zero-order valence-corrected chi connectivity index (χ0v) is 22.2. The van der Waals surface area contributed by atoms with Crippen molar-refractivity contribution in [3.05, 3.63) is 54.1 Å². The molecule has 7 heteroatoms. The van der Waals surface area contributed by atoms with Gasteiger partial charge >= 0.3 is 6.03 Å². The number of carbonyl (C=O) groups excluding carboxylic acids is 2. The van der Waals surface area contributed by atoms with Crippen molar-refractivity contribution in [2.75, 3.05) is 33.7 Å². The average molecular weight is 492 g/mol. The van der Waals surface area contributed by atoms with Crippen LogP contribution in [0.4, 0.5) is 4.79 Å². The summed E-state index contributed by atoms with van der Waals surface area (Å²) in [5.74, 6) is 0.734. The maximum atomic E-state index is 13.7. The Kier molecular flexibility index (Phi) is 6.95. The molecule has 3 aliphatic rings. The number of amides is 2. The van der Waals surface area contributed by atoms with Crippen molar-refractivity contribution in [2.45, 2.75) is 68.9 Å². The number of Topliss-reactive ketones (excluding diaryl/α,β-unsaturated/α-hetero) is 1. The van der Waals surface area contributed by atoms with E-state index in [4.69, 9.17) is 0 Å². The Morgan fingerprint density at radius 2 is 1.83 bits per heavy atom. The quantitative estimate of drug-likeness (QED) is 0.527. The summed E-state index contributed by atoms with van der Waals surface area (Å²) in [7, 11) is 6.30. The monoisotopic (exact) mass is 491 g/mol. The Bertz CT molecular complexity index is 1070. The van der Waals surface area contributed by atoms with Gasteiger partial charge in [-0.3, -0.25) is 9.69 Å². The molecule has 194 valence electrons. The number of nitrogens with zero attached hydrogens (tertiary/aromatic N) is 5. The molecule has 3 fully saturated rings. The first-order valence-electron chi connectivity index (χ1n) is 13.6. The predicted molar refractivity (Wildman–Crippen MR) is 141 cm³/mol. The van der Waals surface area contributed by atoms with E-state index in [2.05, 4.69) is 59.2 Å². The van der Waals surface area contributed by atoms with E-state index in [-0.39, 0.29) is 29.4 Å². The highest BCUT2D eigenvalue weighted by atomic mass is 16.2. The van der Waals surface area contributed by atoms with E-state index in [1.165, 1.54) is 24.8 Å². The molecule has 2 heterocycles. The summed E-state index contributed by atoms with van der Waals surface area (Å²) >= 11 is 0.